The predicted octanol–water partition coefficient (Wildman–Crippen LogP) is 3.53. The highest BCUT2D eigenvalue weighted by atomic mass is 32.1. The summed E-state index contributed by atoms with van der Waals surface area (Å²) in [6, 6.07) is 6.31. The molecule has 0 saturated heterocycles. The van der Waals surface area contributed by atoms with Crippen LogP contribution in [0.4, 0.5) is 4.39 Å². The Labute approximate surface area is 126 Å². The second kappa shape index (κ2) is 6.18. The van der Waals surface area contributed by atoms with Gasteiger partial charge in [0.1, 0.15) is 5.82 Å². The van der Waals surface area contributed by atoms with Gasteiger partial charge in [-0.15, -0.1) is 11.3 Å². The number of hydrogen-bond donors (Lipinski definition) is 1. The number of benzene rings is 1. The molecule has 0 fully saturated rings. The number of thiophene rings is 1. The minimum Gasteiger partial charge on any atom is -0.267 e. The van der Waals surface area contributed by atoms with E-state index in [1.807, 2.05) is 5.38 Å². The lowest BCUT2D eigenvalue weighted by molar-refractivity contribution is 0.0954. The smallest absolute Gasteiger partial charge is 0.267 e. The summed E-state index contributed by atoms with van der Waals surface area (Å²) in [6.45, 7) is 0. The highest BCUT2D eigenvalue weighted by molar-refractivity contribution is 7.10. The van der Waals surface area contributed by atoms with E-state index in [9.17, 15) is 9.18 Å². The molecule has 0 unspecified atom stereocenters. The van der Waals surface area contributed by atoms with Crippen molar-refractivity contribution < 1.29 is 9.18 Å². The summed E-state index contributed by atoms with van der Waals surface area (Å²) < 4.78 is 13.4. The molecule has 0 aliphatic heterocycles. The van der Waals surface area contributed by atoms with E-state index in [4.69, 9.17) is 0 Å². The third kappa shape index (κ3) is 3.03. The van der Waals surface area contributed by atoms with E-state index >= 15 is 0 Å². The first-order chi connectivity index (χ1) is 10.3. The van der Waals surface area contributed by atoms with Crippen molar-refractivity contribution in [2.45, 2.75) is 25.7 Å². The quantitative estimate of drug-likeness (QED) is 0.684. The lowest BCUT2D eigenvalue weighted by Gasteiger charge is -2.11. The van der Waals surface area contributed by atoms with Crippen LogP contribution in [0.25, 0.3) is 0 Å². The minimum absolute atomic E-state index is 0.220. The molecule has 0 radical (unpaired) electrons. The monoisotopic (exact) mass is 302 g/mol. The van der Waals surface area contributed by atoms with E-state index in [0.29, 0.717) is 11.1 Å². The summed E-state index contributed by atoms with van der Waals surface area (Å²) in [6.07, 6.45) is 5.67. The lowest BCUT2D eigenvalue weighted by atomic mass is 9.96. The van der Waals surface area contributed by atoms with Gasteiger partial charge in [-0.25, -0.2) is 9.82 Å². The number of rotatable bonds is 3. The normalized spacial score (nSPS) is 14.1. The number of carbonyl (C=O) groups is 1. The molecule has 1 heterocycles. The van der Waals surface area contributed by atoms with Crippen LogP contribution in [0.1, 0.15) is 39.2 Å². The number of hydrogen-bond acceptors (Lipinski definition) is 3. The fourth-order valence-corrected chi connectivity index (χ4v) is 3.61. The largest absolute Gasteiger partial charge is 0.272 e. The Morgan fingerprint density at radius 3 is 2.95 bits per heavy atom. The molecule has 3 nitrogen and oxygen atoms in total. The zero-order valence-electron chi connectivity index (χ0n) is 11.4. The Morgan fingerprint density at radius 2 is 2.10 bits per heavy atom. The molecule has 0 saturated carbocycles. The van der Waals surface area contributed by atoms with Gasteiger partial charge in [0.15, 0.2) is 0 Å². The van der Waals surface area contributed by atoms with Crippen LogP contribution in [-0.4, -0.2) is 12.1 Å². The molecule has 1 aromatic heterocycles. The number of aryl methyl sites for hydroxylation is 1. The van der Waals surface area contributed by atoms with Crippen LogP contribution < -0.4 is 5.43 Å². The minimum atomic E-state index is -0.358. The molecular formula is C16H15FN2OS. The fourth-order valence-electron chi connectivity index (χ4n) is 2.48. The summed E-state index contributed by atoms with van der Waals surface area (Å²) in [5.41, 5.74) is 4.70. The molecular weight excluding hydrogens is 287 g/mol. The summed E-state index contributed by atoms with van der Waals surface area (Å²) in [5, 5.41) is 5.74. The van der Waals surface area contributed by atoms with Crippen molar-refractivity contribution in [3.8, 4) is 0 Å². The zero-order chi connectivity index (χ0) is 14.7. The average Bonchev–Trinajstić information content (AvgIpc) is 2.93. The van der Waals surface area contributed by atoms with Crippen molar-refractivity contribution in [3.63, 3.8) is 0 Å². The summed E-state index contributed by atoms with van der Waals surface area (Å²) in [4.78, 5) is 13.5. The maximum Gasteiger partial charge on any atom is 0.272 e. The first kappa shape index (κ1) is 13.9. The molecule has 1 aliphatic carbocycles. The van der Waals surface area contributed by atoms with E-state index in [1.54, 1.807) is 29.5 Å². The van der Waals surface area contributed by atoms with E-state index in [0.717, 1.165) is 24.8 Å². The molecule has 0 atom stereocenters. The summed E-state index contributed by atoms with van der Waals surface area (Å²) in [5.74, 6) is -0.578. The maximum atomic E-state index is 13.4. The van der Waals surface area contributed by atoms with Crippen molar-refractivity contribution in [2.75, 3.05) is 0 Å². The first-order valence-electron chi connectivity index (χ1n) is 6.93. The SMILES string of the molecule is O=C(N/N=C\c1ccccc1F)c1csc2c1CCCC2. The van der Waals surface area contributed by atoms with E-state index in [2.05, 4.69) is 10.5 Å². The highest BCUT2D eigenvalue weighted by Gasteiger charge is 2.19. The molecule has 3 rings (SSSR count). The van der Waals surface area contributed by atoms with Gasteiger partial charge in [0.2, 0.25) is 0 Å². The van der Waals surface area contributed by atoms with Crippen LogP contribution in [0.5, 0.6) is 0 Å². The molecule has 1 amide bonds. The highest BCUT2D eigenvalue weighted by Crippen LogP contribution is 2.30. The van der Waals surface area contributed by atoms with Crippen LogP contribution >= 0.6 is 11.3 Å². The molecule has 2 aromatic rings. The van der Waals surface area contributed by atoms with Gasteiger partial charge in [-0.05, 0) is 37.3 Å². The number of amides is 1. The second-order valence-electron chi connectivity index (χ2n) is 4.98. The maximum absolute atomic E-state index is 13.4. The molecule has 21 heavy (non-hydrogen) atoms. The Morgan fingerprint density at radius 1 is 1.29 bits per heavy atom. The van der Waals surface area contributed by atoms with E-state index in [-0.39, 0.29) is 11.7 Å². The predicted molar refractivity (Wildman–Crippen MR) is 82.4 cm³/mol. The van der Waals surface area contributed by atoms with Crippen molar-refractivity contribution in [1.82, 2.24) is 5.43 Å². The molecule has 1 N–H and O–H groups in total. The first-order valence-corrected chi connectivity index (χ1v) is 7.81. The number of hydrazone groups is 1. The molecule has 0 bridgehead atoms. The van der Waals surface area contributed by atoms with Gasteiger partial charge in [-0.3, -0.25) is 4.79 Å². The average molecular weight is 302 g/mol. The molecule has 0 spiro atoms. The zero-order valence-corrected chi connectivity index (χ0v) is 12.3. The van der Waals surface area contributed by atoms with Gasteiger partial charge in [-0.1, -0.05) is 18.2 Å². The van der Waals surface area contributed by atoms with Crippen LogP contribution in [0.3, 0.4) is 0 Å². The number of nitrogens with zero attached hydrogens (tertiary/aromatic N) is 1. The van der Waals surface area contributed by atoms with Crippen LogP contribution in [-0.2, 0) is 12.8 Å². The topological polar surface area (TPSA) is 41.5 Å². The van der Waals surface area contributed by atoms with Crippen LogP contribution in [0, 0.1) is 5.82 Å². The van der Waals surface area contributed by atoms with Crippen molar-refractivity contribution >= 4 is 23.5 Å². The molecule has 5 heteroatoms. The number of halogens is 1. The van der Waals surface area contributed by atoms with Crippen molar-refractivity contribution in [1.29, 1.82) is 0 Å². The van der Waals surface area contributed by atoms with E-state index in [1.165, 1.54) is 23.6 Å². The Balaban J connectivity index is 1.70. The van der Waals surface area contributed by atoms with E-state index < -0.39 is 0 Å². The lowest BCUT2D eigenvalue weighted by Crippen LogP contribution is -2.19. The van der Waals surface area contributed by atoms with Gasteiger partial charge >= 0.3 is 0 Å². The Kier molecular flexibility index (Phi) is 4.10. The third-order valence-corrected chi connectivity index (χ3v) is 4.67. The van der Waals surface area contributed by atoms with Crippen LogP contribution in [0.2, 0.25) is 0 Å². The second-order valence-corrected chi connectivity index (χ2v) is 5.94. The Hall–Kier alpha value is -2.01. The van der Waals surface area contributed by atoms with Gasteiger partial charge in [0.05, 0.1) is 11.8 Å². The van der Waals surface area contributed by atoms with Gasteiger partial charge in [-0.2, -0.15) is 5.10 Å². The molecule has 1 aliphatic rings. The van der Waals surface area contributed by atoms with Crippen LogP contribution in [0.15, 0.2) is 34.7 Å². The summed E-state index contributed by atoms with van der Waals surface area (Å²) in [7, 11) is 0. The van der Waals surface area contributed by atoms with Gasteiger partial charge < -0.3 is 0 Å². The summed E-state index contributed by atoms with van der Waals surface area (Å²) >= 11 is 1.64. The molecule has 108 valence electrons. The van der Waals surface area contributed by atoms with Crippen molar-refractivity contribution in [3.05, 3.63) is 57.0 Å². The van der Waals surface area contributed by atoms with Gasteiger partial charge in [0.25, 0.3) is 5.91 Å². The van der Waals surface area contributed by atoms with Gasteiger partial charge in [0, 0.05) is 15.8 Å². The fraction of sp³-hybridized carbons (Fsp3) is 0.250. The number of carbonyl (C=O) groups excluding carboxylic acids is 1. The number of nitrogens with one attached hydrogen (secondary N) is 1. The Bertz CT molecular complexity index is 693. The third-order valence-electron chi connectivity index (χ3n) is 3.58. The molecule has 1 aromatic carbocycles. The standard InChI is InChI=1S/C16H15FN2OS/c17-14-7-3-1-5-11(14)9-18-19-16(20)13-10-21-15-8-4-2-6-12(13)15/h1,3,5,7,9-10H,2,4,6,8H2,(H,19,20)/b18-9-. The van der Waals surface area contributed by atoms with Crippen molar-refractivity contribution in [2.24, 2.45) is 5.10 Å². The number of fused-ring (bicyclic) bond motifs is 1.